The van der Waals surface area contributed by atoms with Gasteiger partial charge in [0, 0.05) is 0 Å². The molecule has 0 bridgehead atoms. The number of H-pyrrole nitrogens is 1. The highest BCUT2D eigenvalue weighted by atomic mass is 35.5. The minimum atomic E-state index is -0.280. The fourth-order valence-corrected chi connectivity index (χ4v) is 1.50. The molecule has 1 heterocycles. The van der Waals surface area contributed by atoms with Crippen molar-refractivity contribution in [3.63, 3.8) is 0 Å². The summed E-state index contributed by atoms with van der Waals surface area (Å²) in [6.07, 6.45) is 1.33. The van der Waals surface area contributed by atoms with Gasteiger partial charge in [0.1, 0.15) is 0 Å². The number of nitrogens with one attached hydrogen (secondary N) is 1. The minimum Gasteiger partial charge on any atom is -0.313 e. The number of aromatic amines is 1. The van der Waals surface area contributed by atoms with Crippen molar-refractivity contribution in [3.05, 3.63) is 38.9 Å². The maximum absolute atomic E-state index is 11.3. The van der Waals surface area contributed by atoms with E-state index in [1.54, 1.807) is 12.1 Å². The summed E-state index contributed by atoms with van der Waals surface area (Å²) in [7, 11) is 0. The SMILES string of the molecule is O=c1[nH]cnc2ccc(Cl)c(Cl)c12. The molecule has 2 aromatic rings. The lowest BCUT2D eigenvalue weighted by Crippen LogP contribution is -2.06. The van der Waals surface area contributed by atoms with Crippen molar-refractivity contribution in [1.29, 1.82) is 0 Å². The van der Waals surface area contributed by atoms with Crippen molar-refractivity contribution in [2.45, 2.75) is 0 Å². The molecule has 0 unspecified atom stereocenters. The monoisotopic (exact) mass is 214 g/mol. The van der Waals surface area contributed by atoms with E-state index >= 15 is 0 Å². The molecule has 2 rings (SSSR count). The van der Waals surface area contributed by atoms with Crippen molar-refractivity contribution >= 4 is 34.1 Å². The van der Waals surface area contributed by atoms with Crippen LogP contribution in [0, 0.1) is 0 Å². The molecule has 66 valence electrons. The second kappa shape index (κ2) is 3.01. The molecule has 0 saturated carbocycles. The number of hydrogen-bond donors (Lipinski definition) is 1. The standard InChI is InChI=1S/C8H4Cl2N2O/c9-4-1-2-5-6(7(4)10)8(13)12-3-11-5/h1-3H,(H,11,12,13). The molecule has 0 radical (unpaired) electrons. The van der Waals surface area contributed by atoms with Crippen LogP contribution in [0.15, 0.2) is 23.3 Å². The lowest BCUT2D eigenvalue weighted by Gasteiger charge is -1.99. The summed E-state index contributed by atoms with van der Waals surface area (Å²) in [6.45, 7) is 0. The topological polar surface area (TPSA) is 45.8 Å². The first-order chi connectivity index (χ1) is 6.20. The van der Waals surface area contributed by atoms with Gasteiger partial charge in [-0.2, -0.15) is 0 Å². The molecule has 13 heavy (non-hydrogen) atoms. The molecule has 3 nitrogen and oxygen atoms in total. The van der Waals surface area contributed by atoms with Crippen LogP contribution in [0.3, 0.4) is 0 Å². The highest BCUT2D eigenvalue weighted by Gasteiger charge is 2.07. The molecule has 0 saturated heterocycles. The Bertz CT molecular complexity index is 521. The Morgan fingerprint density at radius 1 is 1.31 bits per heavy atom. The van der Waals surface area contributed by atoms with Crippen molar-refractivity contribution in [2.24, 2.45) is 0 Å². The van der Waals surface area contributed by atoms with E-state index in [2.05, 4.69) is 9.97 Å². The van der Waals surface area contributed by atoms with Crippen LogP contribution in [0.1, 0.15) is 0 Å². The average Bonchev–Trinajstić information content (AvgIpc) is 2.12. The number of benzene rings is 1. The molecule has 0 aliphatic carbocycles. The maximum atomic E-state index is 11.3. The third kappa shape index (κ3) is 1.30. The molecule has 0 atom stereocenters. The van der Waals surface area contributed by atoms with Gasteiger partial charge in [-0.3, -0.25) is 4.79 Å². The van der Waals surface area contributed by atoms with Crippen molar-refractivity contribution in [3.8, 4) is 0 Å². The Morgan fingerprint density at radius 3 is 2.85 bits per heavy atom. The van der Waals surface area contributed by atoms with Crippen LogP contribution in [-0.2, 0) is 0 Å². The third-order valence-electron chi connectivity index (χ3n) is 1.70. The molecule has 0 aliphatic heterocycles. The van der Waals surface area contributed by atoms with E-state index in [0.717, 1.165) is 0 Å². The first kappa shape index (κ1) is 8.53. The summed E-state index contributed by atoms with van der Waals surface area (Å²) in [5.41, 5.74) is 0.260. The Kier molecular flexibility index (Phi) is 1.98. The lowest BCUT2D eigenvalue weighted by atomic mass is 10.2. The highest BCUT2D eigenvalue weighted by Crippen LogP contribution is 2.26. The molecule has 0 aliphatic rings. The Balaban J connectivity index is 3.06. The molecular formula is C8H4Cl2N2O. The van der Waals surface area contributed by atoms with Gasteiger partial charge in [-0.25, -0.2) is 4.98 Å². The Hall–Kier alpha value is -1.06. The van der Waals surface area contributed by atoms with Crippen LogP contribution < -0.4 is 5.56 Å². The molecule has 1 aromatic heterocycles. The number of rotatable bonds is 0. The number of hydrogen-bond acceptors (Lipinski definition) is 2. The van der Waals surface area contributed by atoms with Gasteiger partial charge in [-0.1, -0.05) is 23.2 Å². The van der Waals surface area contributed by atoms with E-state index in [-0.39, 0.29) is 10.6 Å². The van der Waals surface area contributed by atoms with E-state index in [9.17, 15) is 4.79 Å². The molecule has 5 heteroatoms. The first-order valence-electron chi connectivity index (χ1n) is 3.51. The quantitative estimate of drug-likeness (QED) is 0.732. The average molecular weight is 215 g/mol. The van der Waals surface area contributed by atoms with E-state index in [0.29, 0.717) is 15.9 Å². The summed E-state index contributed by atoms with van der Waals surface area (Å²) >= 11 is 11.6. The van der Waals surface area contributed by atoms with Crippen molar-refractivity contribution < 1.29 is 0 Å². The normalized spacial score (nSPS) is 10.6. The van der Waals surface area contributed by atoms with Gasteiger partial charge in [0.05, 0.1) is 27.3 Å². The molecule has 0 fully saturated rings. The number of halogens is 2. The van der Waals surface area contributed by atoms with E-state index in [4.69, 9.17) is 23.2 Å². The number of aromatic nitrogens is 2. The zero-order chi connectivity index (χ0) is 9.42. The van der Waals surface area contributed by atoms with Crippen molar-refractivity contribution in [2.75, 3.05) is 0 Å². The van der Waals surface area contributed by atoms with Gasteiger partial charge >= 0.3 is 0 Å². The molecule has 0 amide bonds. The largest absolute Gasteiger partial charge is 0.313 e. The zero-order valence-corrected chi connectivity index (χ0v) is 7.86. The summed E-state index contributed by atoms with van der Waals surface area (Å²) in [5.74, 6) is 0. The van der Waals surface area contributed by atoms with E-state index in [1.807, 2.05) is 0 Å². The Labute approximate surface area is 83.3 Å². The zero-order valence-electron chi connectivity index (χ0n) is 6.34. The number of fused-ring (bicyclic) bond motifs is 1. The molecule has 0 spiro atoms. The van der Waals surface area contributed by atoms with Gasteiger partial charge in [0.2, 0.25) is 0 Å². The van der Waals surface area contributed by atoms with Crippen LogP contribution in [-0.4, -0.2) is 9.97 Å². The fraction of sp³-hybridized carbons (Fsp3) is 0. The maximum Gasteiger partial charge on any atom is 0.260 e. The predicted octanol–water partition coefficient (Wildman–Crippen LogP) is 2.23. The summed E-state index contributed by atoms with van der Waals surface area (Å²) in [4.78, 5) is 17.7. The highest BCUT2D eigenvalue weighted by molar-refractivity contribution is 6.45. The second-order valence-electron chi connectivity index (χ2n) is 2.49. The van der Waals surface area contributed by atoms with Crippen LogP contribution >= 0.6 is 23.2 Å². The summed E-state index contributed by atoms with van der Waals surface area (Å²) in [6, 6.07) is 3.26. The fourth-order valence-electron chi connectivity index (χ4n) is 1.10. The van der Waals surface area contributed by atoms with Gasteiger partial charge in [0.25, 0.3) is 5.56 Å². The molecule has 1 N–H and O–H groups in total. The smallest absolute Gasteiger partial charge is 0.260 e. The number of nitrogens with zero attached hydrogens (tertiary/aromatic N) is 1. The minimum absolute atomic E-state index is 0.244. The van der Waals surface area contributed by atoms with E-state index < -0.39 is 0 Å². The van der Waals surface area contributed by atoms with Gasteiger partial charge < -0.3 is 4.98 Å². The Morgan fingerprint density at radius 2 is 2.08 bits per heavy atom. The first-order valence-corrected chi connectivity index (χ1v) is 4.27. The van der Waals surface area contributed by atoms with Gasteiger partial charge in [0.15, 0.2) is 0 Å². The molecule has 1 aromatic carbocycles. The van der Waals surface area contributed by atoms with Crippen LogP contribution in [0.4, 0.5) is 0 Å². The lowest BCUT2D eigenvalue weighted by molar-refractivity contribution is 1.17. The predicted molar refractivity (Wildman–Crippen MR) is 52.4 cm³/mol. The summed E-state index contributed by atoms with van der Waals surface area (Å²) < 4.78 is 0. The van der Waals surface area contributed by atoms with Gasteiger partial charge in [-0.15, -0.1) is 0 Å². The van der Waals surface area contributed by atoms with Gasteiger partial charge in [-0.05, 0) is 12.1 Å². The van der Waals surface area contributed by atoms with E-state index in [1.165, 1.54) is 6.33 Å². The van der Waals surface area contributed by atoms with Crippen LogP contribution in [0.25, 0.3) is 10.9 Å². The van der Waals surface area contributed by atoms with Crippen molar-refractivity contribution in [1.82, 2.24) is 9.97 Å². The van der Waals surface area contributed by atoms with Crippen LogP contribution in [0.5, 0.6) is 0 Å². The molecular weight excluding hydrogens is 211 g/mol. The third-order valence-corrected chi connectivity index (χ3v) is 2.50. The van der Waals surface area contributed by atoms with Crippen LogP contribution in [0.2, 0.25) is 10.0 Å². The second-order valence-corrected chi connectivity index (χ2v) is 3.27. The summed E-state index contributed by atoms with van der Waals surface area (Å²) in [5, 5.41) is 0.929.